The molecular weight excluding hydrogens is 264 g/mol. The number of hydrogen-bond donors (Lipinski definition) is 2. The lowest BCUT2D eigenvalue weighted by molar-refractivity contribution is -0.122. The van der Waals surface area contributed by atoms with Crippen molar-refractivity contribution in [2.24, 2.45) is 0 Å². The van der Waals surface area contributed by atoms with Crippen molar-refractivity contribution >= 4 is 11.9 Å². The van der Waals surface area contributed by atoms with Gasteiger partial charge in [-0.15, -0.1) is 0 Å². The average molecular weight is 284 g/mol. The molecule has 1 saturated heterocycles. The number of carbonyl (C=O) groups excluding carboxylic acids is 2. The van der Waals surface area contributed by atoms with Gasteiger partial charge in [-0.3, -0.25) is 10.1 Å². The Hall–Kier alpha value is -2.62. The van der Waals surface area contributed by atoms with Crippen molar-refractivity contribution in [1.82, 2.24) is 10.6 Å². The summed E-state index contributed by atoms with van der Waals surface area (Å²) in [6.45, 7) is 11.3. The van der Waals surface area contributed by atoms with Gasteiger partial charge in [-0.1, -0.05) is 75.6 Å². The molecule has 0 aliphatic carbocycles. The number of nitrogens with one attached hydrogen (secondary N) is 2. The quantitative estimate of drug-likeness (QED) is 0.659. The predicted molar refractivity (Wildman–Crippen MR) is 84.6 cm³/mol. The van der Waals surface area contributed by atoms with Crippen LogP contribution >= 0.6 is 0 Å². The van der Waals surface area contributed by atoms with Crippen molar-refractivity contribution < 1.29 is 9.59 Å². The van der Waals surface area contributed by atoms with E-state index in [1.165, 1.54) is 0 Å². The maximum absolute atomic E-state index is 12.3. The second-order valence-corrected chi connectivity index (χ2v) is 4.09. The number of imide groups is 1. The highest BCUT2D eigenvalue weighted by molar-refractivity contribution is 6.09. The van der Waals surface area contributed by atoms with Crippen LogP contribution in [0.25, 0.3) is 0 Å². The Morgan fingerprint density at radius 1 is 1.14 bits per heavy atom. The first-order valence-corrected chi connectivity index (χ1v) is 6.80. The van der Waals surface area contributed by atoms with Crippen LogP contribution < -0.4 is 10.6 Å². The molecule has 4 nitrogen and oxygen atoms in total. The molecular formula is C17H20N2O2. The van der Waals surface area contributed by atoms with E-state index in [0.29, 0.717) is 11.1 Å². The Morgan fingerprint density at radius 2 is 1.76 bits per heavy atom. The van der Waals surface area contributed by atoms with Gasteiger partial charge in [0.25, 0.3) is 5.91 Å². The van der Waals surface area contributed by atoms with E-state index in [-0.39, 0.29) is 0 Å². The van der Waals surface area contributed by atoms with Crippen molar-refractivity contribution in [3.8, 4) is 0 Å². The summed E-state index contributed by atoms with van der Waals surface area (Å²) in [7, 11) is 0. The summed E-state index contributed by atoms with van der Waals surface area (Å²) in [6, 6.07) is 8.51. The second kappa shape index (κ2) is 7.24. The van der Waals surface area contributed by atoms with Crippen molar-refractivity contribution in [2.75, 3.05) is 0 Å². The van der Waals surface area contributed by atoms with E-state index >= 15 is 0 Å². The van der Waals surface area contributed by atoms with Crippen LogP contribution in [0.1, 0.15) is 19.4 Å². The summed E-state index contributed by atoms with van der Waals surface area (Å²) in [5.74, 6) is -0.420. The lowest BCUT2D eigenvalue weighted by Gasteiger charge is -2.27. The standard InChI is InChI=1S/C15H14N2O2.C2H6/c1-3-8-11(4-2)15(12-9-6-5-7-10-12)13(18)16-14(19)17-15;1-2/h3-10H,1-2H2,(H2,16,17,18,19);1-2H3/b11-8+;. The molecule has 2 rings (SSSR count). The third-order valence-corrected chi connectivity index (χ3v) is 3.03. The fourth-order valence-corrected chi connectivity index (χ4v) is 2.19. The molecule has 2 N–H and O–H groups in total. The van der Waals surface area contributed by atoms with Gasteiger partial charge in [0, 0.05) is 0 Å². The van der Waals surface area contributed by atoms with Crippen molar-refractivity contribution in [2.45, 2.75) is 19.4 Å². The van der Waals surface area contributed by atoms with Gasteiger partial charge < -0.3 is 5.32 Å². The van der Waals surface area contributed by atoms with E-state index in [1.54, 1.807) is 30.4 Å². The van der Waals surface area contributed by atoms with Crippen LogP contribution in [0.3, 0.4) is 0 Å². The highest BCUT2D eigenvalue weighted by atomic mass is 16.2. The summed E-state index contributed by atoms with van der Waals surface area (Å²) in [6.07, 6.45) is 4.75. The number of benzene rings is 1. The van der Waals surface area contributed by atoms with E-state index in [0.717, 1.165) is 0 Å². The predicted octanol–water partition coefficient (Wildman–Crippen LogP) is 3.05. The Labute approximate surface area is 125 Å². The average Bonchev–Trinajstić information content (AvgIpc) is 2.83. The Kier molecular flexibility index (Phi) is 5.67. The first-order chi connectivity index (χ1) is 10.1. The molecule has 0 aromatic heterocycles. The SMILES string of the molecule is C=C/C=C(\C=C)C1(c2ccccc2)NC(=O)NC1=O.CC. The minimum atomic E-state index is -1.24. The molecule has 1 aliphatic heterocycles. The third kappa shape index (κ3) is 2.94. The number of hydrogen-bond acceptors (Lipinski definition) is 2. The molecule has 0 saturated carbocycles. The molecule has 3 amide bonds. The Bertz CT molecular complexity index is 576. The first-order valence-electron chi connectivity index (χ1n) is 6.80. The highest BCUT2D eigenvalue weighted by Gasteiger charge is 2.49. The molecule has 0 bridgehead atoms. The summed E-state index contributed by atoms with van der Waals surface area (Å²) in [4.78, 5) is 23.8. The maximum Gasteiger partial charge on any atom is 0.322 e. The third-order valence-electron chi connectivity index (χ3n) is 3.03. The summed E-state index contributed by atoms with van der Waals surface area (Å²) >= 11 is 0. The van der Waals surface area contributed by atoms with E-state index in [2.05, 4.69) is 23.8 Å². The van der Waals surface area contributed by atoms with Crippen molar-refractivity contribution in [3.05, 3.63) is 72.9 Å². The van der Waals surface area contributed by atoms with Gasteiger partial charge in [0.1, 0.15) is 0 Å². The molecule has 0 radical (unpaired) electrons. The van der Waals surface area contributed by atoms with Gasteiger partial charge in [0.15, 0.2) is 5.54 Å². The highest BCUT2D eigenvalue weighted by Crippen LogP contribution is 2.33. The number of amides is 3. The van der Waals surface area contributed by atoms with Gasteiger partial charge in [-0.05, 0) is 11.1 Å². The lowest BCUT2D eigenvalue weighted by atomic mass is 9.82. The zero-order valence-electron chi connectivity index (χ0n) is 12.3. The zero-order valence-corrected chi connectivity index (χ0v) is 12.3. The summed E-state index contributed by atoms with van der Waals surface area (Å²) in [5, 5.41) is 4.95. The fourth-order valence-electron chi connectivity index (χ4n) is 2.19. The molecule has 1 aliphatic rings. The normalized spacial score (nSPS) is 20.8. The smallest absolute Gasteiger partial charge is 0.316 e. The zero-order chi connectivity index (χ0) is 15.9. The molecule has 0 spiro atoms. The van der Waals surface area contributed by atoms with Gasteiger partial charge in [0.2, 0.25) is 0 Å². The van der Waals surface area contributed by atoms with Gasteiger partial charge in [0.05, 0.1) is 0 Å². The van der Waals surface area contributed by atoms with Crippen LogP contribution in [0.4, 0.5) is 4.79 Å². The molecule has 1 aromatic rings. The molecule has 21 heavy (non-hydrogen) atoms. The number of urea groups is 1. The molecule has 1 fully saturated rings. The molecule has 1 unspecified atom stereocenters. The summed E-state index contributed by atoms with van der Waals surface area (Å²) < 4.78 is 0. The molecule has 4 heteroatoms. The fraction of sp³-hybridized carbons (Fsp3) is 0.176. The van der Waals surface area contributed by atoms with Crippen molar-refractivity contribution in [1.29, 1.82) is 0 Å². The van der Waals surface area contributed by atoms with Gasteiger partial charge >= 0.3 is 6.03 Å². The van der Waals surface area contributed by atoms with Gasteiger partial charge in [-0.25, -0.2) is 4.79 Å². The van der Waals surface area contributed by atoms with Crippen LogP contribution in [-0.2, 0) is 10.3 Å². The second-order valence-electron chi connectivity index (χ2n) is 4.09. The Balaban J connectivity index is 0.00000106. The van der Waals surface area contributed by atoms with Gasteiger partial charge in [-0.2, -0.15) is 0 Å². The minimum Gasteiger partial charge on any atom is -0.316 e. The molecule has 110 valence electrons. The number of carbonyl (C=O) groups is 2. The van der Waals surface area contributed by atoms with Crippen molar-refractivity contribution in [3.63, 3.8) is 0 Å². The van der Waals surface area contributed by atoms with E-state index < -0.39 is 17.5 Å². The summed E-state index contributed by atoms with van der Waals surface area (Å²) in [5.41, 5.74) is -0.00252. The number of rotatable bonds is 4. The molecule has 1 heterocycles. The van der Waals surface area contributed by atoms with Crippen LogP contribution in [0.5, 0.6) is 0 Å². The minimum absolute atomic E-state index is 0.420. The Morgan fingerprint density at radius 3 is 2.19 bits per heavy atom. The van der Waals surface area contributed by atoms with Crippen LogP contribution in [-0.4, -0.2) is 11.9 Å². The lowest BCUT2D eigenvalue weighted by Crippen LogP contribution is -2.45. The van der Waals surface area contributed by atoms with Crippen LogP contribution in [0.15, 0.2) is 67.3 Å². The van der Waals surface area contributed by atoms with E-state index in [9.17, 15) is 9.59 Å². The maximum atomic E-state index is 12.3. The molecule has 1 atom stereocenters. The van der Waals surface area contributed by atoms with Crippen LogP contribution in [0.2, 0.25) is 0 Å². The molecule has 1 aromatic carbocycles. The first kappa shape index (κ1) is 16.4. The number of allylic oxidation sites excluding steroid dienone is 2. The van der Waals surface area contributed by atoms with E-state index in [4.69, 9.17) is 0 Å². The largest absolute Gasteiger partial charge is 0.322 e. The van der Waals surface area contributed by atoms with Crippen LogP contribution in [0, 0.1) is 0 Å². The topological polar surface area (TPSA) is 58.2 Å². The van der Waals surface area contributed by atoms with E-state index in [1.807, 2.05) is 32.0 Å². The monoisotopic (exact) mass is 284 g/mol.